The fourth-order valence-corrected chi connectivity index (χ4v) is 4.28. The summed E-state index contributed by atoms with van der Waals surface area (Å²) in [5, 5.41) is 0. The number of hydrogen-bond acceptors (Lipinski definition) is 4. The Balaban J connectivity index is 1.97. The Labute approximate surface area is 102 Å². The topological polar surface area (TPSA) is 80.5 Å². The molecule has 0 aromatic rings. The van der Waals surface area contributed by atoms with Crippen LogP contribution in [0.5, 0.6) is 0 Å². The van der Waals surface area contributed by atoms with E-state index in [0.717, 1.165) is 6.42 Å². The molecule has 98 valence electrons. The maximum atomic E-state index is 12.1. The fourth-order valence-electron chi connectivity index (χ4n) is 2.55. The summed E-state index contributed by atoms with van der Waals surface area (Å²) < 4.78 is 22.7. The molecule has 2 saturated heterocycles. The number of hydrogen-bond donors (Lipinski definition) is 1. The summed E-state index contributed by atoms with van der Waals surface area (Å²) in [6.45, 7) is 3.37. The minimum Gasteiger partial charge on any atom is -0.341 e. The maximum Gasteiger partial charge on any atom is 0.226 e. The van der Waals surface area contributed by atoms with E-state index in [0.29, 0.717) is 25.4 Å². The molecule has 2 aliphatic heterocycles. The average molecular weight is 260 g/mol. The van der Waals surface area contributed by atoms with Gasteiger partial charge < -0.3 is 10.6 Å². The van der Waals surface area contributed by atoms with E-state index in [4.69, 9.17) is 5.73 Å². The normalized spacial score (nSPS) is 37.1. The summed E-state index contributed by atoms with van der Waals surface area (Å²) in [4.78, 5) is 13.9. The van der Waals surface area contributed by atoms with Crippen molar-refractivity contribution in [3.8, 4) is 0 Å². The Morgan fingerprint density at radius 1 is 1.35 bits per heavy atom. The van der Waals surface area contributed by atoms with Crippen molar-refractivity contribution in [1.82, 2.24) is 4.90 Å². The van der Waals surface area contributed by atoms with Gasteiger partial charge in [-0.15, -0.1) is 0 Å². The van der Waals surface area contributed by atoms with Gasteiger partial charge in [0.15, 0.2) is 9.84 Å². The summed E-state index contributed by atoms with van der Waals surface area (Å²) >= 11 is 0. The van der Waals surface area contributed by atoms with Gasteiger partial charge in [0.2, 0.25) is 5.91 Å². The second-order valence-electron chi connectivity index (χ2n) is 5.31. The maximum absolute atomic E-state index is 12.1. The summed E-state index contributed by atoms with van der Waals surface area (Å²) in [6, 6.07) is 0.0192. The van der Waals surface area contributed by atoms with Crippen LogP contribution in [0.15, 0.2) is 0 Å². The van der Waals surface area contributed by atoms with Gasteiger partial charge in [0.05, 0.1) is 17.4 Å². The molecule has 0 aromatic heterocycles. The number of amides is 1. The van der Waals surface area contributed by atoms with Crippen LogP contribution in [-0.4, -0.2) is 49.9 Å². The summed E-state index contributed by atoms with van der Waals surface area (Å²) in [5.74, 6) is 0.257. The lowest BCUT2D eigenvalue weighted by Crippen LogP contribution is -2.51. The van der Waals surface area contributed by atoms with Gasteiger partial charge in [-0.2, -0.15) is 0 Å². The van der Waals surface area contributed by atoms with Crippen LogP contribution < -0.4 is 5.73 Å². The van der Waals surface area contributed by atoms with Crippen molar-refractivity contribution in [1.29, 1.82) is 0 Å². The summed E-state index contributed by atoms with van der Waals surface area (Å²) in [5.41, 5.74) is 5.95. The Morgan fingerprint density at radius 2 is 2.06 bits per heavy atom. The van der Waals surface area contributed by atoms with Gasteiger partial charge in [-0.05, 0) is 18.8 Å². The predicted molar refractivity (Wildman–Crippen MR) is 65.1 cm³/mol. The van der Waals surface area contributed by atoms with Gasteiger partial charge in [0.1, 0.15) is 0 Å². The number of sulfone groups is 1. The van der Waals surface area contributed by atoms with E-state index in [-0.39, 0.29) is 29.4 Å². The molecular formula is C11H20N2O3S. The third-order valence-electron chi connectivity index (χ3n) is 3.91. The molecule has 0 aliphatic carbocycles. The fraction of sp³-hybridized carbons (Fsp3) is 0.909. The molecule has 1 amide bonds. The minimum absolute atomic E-state index is 0.0192. The molecule has 0 bridgehead atoms. The lowest BCUT2D eigenvalue weighted by Gasteiger charge is -2.36. The molecule has 2 N–H and O–H groups in total. The van der Waals surface area contributed by atoms with E-state index < -0.39 is 9.84 Å². The van der Waals surface area contributed by atoms with Gasteiger partial charge in [0.25, 0.3) is 0 Å². The van der Waals surface area contributed by atoms with E-state index in [2.05, 4.69) is 6.92 Å². The first-order chi connectivity index (χ1) is 7.89. The largest absolute Gasteiger partial charge is 0.341 e. The molecule has 17 heavy (non-hydrogen) atoms. The molecule has 0 saturated carbocycles. The van der Waals surface area contributed by atoms with E-state index in [9.17, 15) is 13.2 Å². The second-order valence-corrected chi connectivity index (χ2v) is 7.54. The molecule has 2 rings (SSSR count). The van der Waals surface area contributed by atoms with Crippen molar-refractivity contribution in [3.63, 3.8) is 0 Å². The van der Waals surface area contributed by atoms with Crippen LogP contribution >= 0.6 is 0 Å². The molecule has 5 nitrogen and oxygen atoms in total. The molecule has 0 spiro atoms. The smallest absolute Gasteiger partial charge is 0.226 e. The molecule has 2 heterocycles. The third-order valence-corrected chi connectivity index (χ3v) is 5.68. The Morgan fingerprint density at radius 3 is 2.59 bits per heavy atom. The Bertz CT molecular complexity index is 407. The second kappa shape index (κ2) is 4.57. The van der Waals surface area contributed by atoms with Crippen molar-refractivity contribution in [2.75, 3.05) is 24.6 Å². The van der Waals surface area contributed by atoms with Gasteiger partial charge in [0, 0.05) is 19.1 Å². The molecule has 0 aromatic carbocycles. The lowest BCUT2D eigenvalue weighted by molar-refractivity contribution is -0.136. The van der Waals surface area contributed by atoms with Crippen molar-refractivity contribution >= 4 is 15.7 Å². The first-order valence-corrected chi connectivity index (χ1v) is 7.96. The molecule has 2 aliphatic rings. The highest BCUT2D eigenvalue weighted by Gasteiger charge is 2.37. The van der Waals surface area contributed by atoms with E-state index in [1.807, 2.05) is 0 Å². The monoisotopic (exact) mass is 260 g/mol. The van der Waals surface area contributed by atoms with E-state index in [1.165, 1.54) is 0 Å². The minimum atomic E-state index is -2.98. The van der Waals surface area contributed by atoms with Gasteiger partial charge in [-0.3, -0.25) is 4.79 Å². The molecular weight excluding hydrogens is 240 g/mol. The van der Waals surface area contributed by atoms with Crippen LogP contribution in [0.2, 0.25) is 0 Å². The van der Waals surface area contributed by atoms with Crippen LogP contribution in [-0.2, 0) is 14.6 Å². The molecule has 6 heteroatoms. The van der Waals surface area contributed by atoms with Crippen LogP contribution in [0.1, 0.15) is 19.8 Å². The number of nitrogens with two attached hydrogens (primary N) is 1. The zero-order chi connectivity index (χ0) is 12.6. The first kappa shape index (κ1) is 12.8. The summed E-state index contributed by atoms with van der Waals surface area (Å²) in [7, 11) is -2.98. The number of carbonyl (C=O) groups excluding carboxylic acids is 1. The lowest BCUT2D eigenvalue weighted by atomic mass is 9.93. The molecule has 0 radical (unpaired) electrons. The highest BCUT2D eigenvalue weighted by molar-refractivity contribution is 7.91. The average Bonchev–Trinajstić information content (AvgIpc) is 2.62. The van der Waals surface area contributed by atoms with E-state index >= 15 is 0 Å². The van der Waals surface area contributed by atoms with Gasteiger partial charge >= 0.3 is 0 Å². The highest BCUT2D eigenvalue weighted by Crippen LogP contribution is 2.23. The zero-order valence-electron chi connectivity index (χ0n) is 10.1. The molecule has 2 fully saturated rings. The van der Waals surface area contributed by atoms with Crippen LogP contribution in [0.25, 0.3) is 0 Å². The highest BCUT2D eigenvalue weighted by atomic mass is 32.2. The Kier molecular flexibility index (Phi) is 3.45. The van der Waals surface area contributed by atoms with Crippen molar-refractivity contribution < 1.29 is 13.2 Å². The Hall–Kier alpha value is -0.620. The van der Waals surface area contributed by atoms with Crippen LogP contribution in [0.3, 0.4) is 0 Å². The number of rotatable bonds is 1. The number of piperidine rings is 1. The number of likely N-dealkylation sites (tertiary alicyclic amines) is 1. The third kappa shape index (κ3) is 2.80. The summed E-state index contributed by atoms with van der Waals surface area (Å²) in [6.07, 6.45) is 1.38. The van der Waals surface area contributed by atoms with Gasteiger partial charge in [-0.25, -0.2) is 8.42 Å². The van der Waals surface area contributed by atoms with Crippen LogP contribution in [0, 0.1) is 11.8 Å². The molecule has 3 atom stereocenters. The van der Waals surface area contributed by atoms with Crippen molar-refractivity contribution in [2.45, 2.75) is 25.8 Å². The first-order valence-electron chi connectivity index (χ1n) is 6.14. The zero-order valence-corrected chi connectivity index (χ0v) is 10.9. The van der Waals surface area contributed by atoms with Crippen molar-refractivity contribution in [3.05, 3.63) is 0 Å². The van der Waals surface area contributed by atoms with Crippen molar-refractivity contribution in [2.24, 2.45) is 17.6 Å². The quantitative estimate of drug-likeness (QED) is 0.696. The van der Waals surface area contributed by atoms with Crippen LogP contribution in [0.4, 0.5) is 0 Å². The standard InChI is InChI=1S/C11H20N2O3S/c1-8-2-4-13(6-10(8)12)11(14)9-3-5-17(15,16)7-9/h8-10H,2-7,12H2,1H3. The van der Waals surface area contributed by atoms with Gasteiger partial charge in [-0.1, -0.05) is 6.92 Å². The predicted octanol–water partition coefficient (Wildman–Crippen LogP) is -0.383. The SMILES string of the molecule is CC1CCN(C(=O)C2CCS(=O)(=O)C2)CC1N. The number of carbonyl (C=O) groups is 1. The number of nitrogens with zero attached hydrogens (tertiary/aromatic N) is 1. The van der Waals surface area contributed by atoms with E-state index in [1.54, 1.807) is 4.90 Å². The molecule has 3 unspecified atom stereocenters.